The van der Waals surface area contributed by atoms with Crippen LogP contribution in [0, 0.1) is 0 Å². The molecular weight excluding hydrogens is 691 g/mol. The molecule has 0 aliphatic rings. The molecule has 0 bridgehead atoms. The van der Waals surface area contributed by atoms with Crippen LogP contribution in [0.1, 0.15) is 149 Å². The number of hydrogen-bond acceptors (Lipinski definition) is 7. The summed E-state index contributed by atoms with van der Waals surface area (Å²) in [5, 5.41) is 0. The number of phosphoric ester groups is 1. The number of hydrogen-bond donors (Lipinski definition) is 2. The molecule has 0 spiro atoms. The first-order valence-corrected chi connectivity index (χ1v) is 21.4. The maximum atomic E-state index is 12.4. The van der Waals surface area contributed by atoms with Crippen LogP contribution in [0.3, 0.4) is 0 Å². The Balaban J connectivity index is 4.16. The highest BCUT2D eigenvalue weighted by molar-refractivity contribution is 7.46. The van der Waals surface area contributed by atoms with Gasteiger partial charge in [-0.15, -0.1) is 0 Å². The van der Waals surface area contributed by atoms with Gasteiger partial charge in [-0.05, 0) is 83.1 Å². The number of carbonyl (C=O) groups is 3. The number of allylic oxidation sites excluding steroid dienone is 14. The predicted octanol–water partition coefficient (Wildman–Crippen LogP) is 11.2. The second-order valence-electron chi connectivity index (χ2n) is 12.9. The van der Waals surface area contributed by atoms with Crippen molar-refractivity contribution in [1.82, 2.24) is 0 Å². The molecule has 2 N–H and O–H groups in total. The molecule has 0 aliphatic carbocycles. The van der Waals surface area contributed by atoms with Crippen molar-refractivity contribution in [2.24, 2.45) is 0 Å². The number of ketones is 1. The Labute approximate surface area is 320 Å². The predicted molar refractivity (Wildman–Crippen MR) is 216 cm³/mol. The summed E-state index contributed by atoms with van der Waals surface area (Å²) in [5.41, 5.74) is 0. The number of phosphoric acid groups is 1. The van der Waals surface area contributed by atoms with E-state index in [2.05, 4.69) is 54.8 Å². The molecule has 0 saturated heterocycles. The average molecular weight is 761 g/mol. The van der Waals surface area contributed by atoms with Crippen LogP contribution in [0.4, 0.5) is 0 Å². The summed E-state index contributed by atoms with van der Waals surface area (Å²) in [5.74, 6) is -0.855. The third kappa shape index (κ3) is 39.9. The summed E-state index contributed by atoms with van der Waals surface area (Å²) in [6.07, 6.45) is 45.7. The summed E-state index contributed by atoms with van der Waals surface area (Å²) in [7, 11) is -4.79. The van der Waals surface area contributed by atoms with Crippen molar-refractivity contribution in [2.45, 2.75) is 155 Å². The van der Waals surface area contributed by atoms with Crippen LogP contribution in [0.2, 0.25) is 0 Å². The molecule has 0 saturated carbocycles. The molecule has 0 aromatic heterocycles. The summed E-state index contributed by atoms with van der Waals surface area (Å²) in [6.45, 7) is 3.41. The lowest BCUT2D eigenvalue weighted by atomic mass is 10.1. The molecule has 0 fully saturated rings. The number of esters is 2. The van der Waals surface area contributed by atoms with Gasteiger partial charge in [-0.25, -0.2) is 4.57 Å². The van der Waals surface area contributed by atoms with Crippen molar-refractivity contribution in [3.05, 3.63) is 85.1 Å². The van der Waals surface area contributed by atoms with Gasteiger partial charge < -0.3 is 19.3 Å². The third-order valence-electron chi connectivity index (χ3n) is 7.86. The van der Waals surface area contributed by atoms with Crippen molar-refractivity contribution < 1.29 is 42.7 Å². The summed E-state index contributed by atoms with van der Waals surface area (Å²) < 4.78 is 26.2. The molecule has 9 nitrogen and oxygen atoms in total. The Kier molecular flexibility index (Phi) is 35.0. The normalized spacial score (nSPS) is 13.3. The monoisotopic (exact) mass is 760 g/mol. The highest BCUT2D eigenvalue weighted by Crippen LogP contribution is 2.36. The van der Waals surface area contributed by atoms with Gasteiger partial charge in [-0.2, -0.15) is 0 Å². The van der Waals surface area contributed by atoms with Gasteiger partial charge in [0.1, 0.15) is 6.61 Å². The van der Waals surface area contributed by atoms with E-state index in [0.29, 0.717) is 25.7 Å². The zero-order valence-corrected chi connectivity index (χ0v) is 33.5. The van der Waals surface area contributed by atoms with Crippen LogP contribution < -0.4 is 0 Å². The number of rotatable bonds is 35. The molecule has 0 rings (SSSR count). The summed E-state index contributed by atoms with van der Waals surface area (Å²) in [6, 6.07) is 0. The lowest BCUT2D eigenvalue weighted by Crippen LogP contribution is -2.29. The number of unbranched alkanes of at least 4 members (excludes halogenated alkanes) is 10. The highest BCUT2D eigenvalue weighted by Gasteiger charge is 2.22. The Hall–Kier alpha value is -3.10. The highest BCUT2D eigenvalue weighted by atomic mass is 31.2. The van der Waals surface area contributed by atoms with Gasteiger partial charge in [0.05, 0.1) is 6.61 Å². The quantitative estimate of drug-likeness (QED) is 0.0161. The maximum absolute atomic E-state index is 12.4. The Morgan fingerprint density at radius 2 is 1.04 bits per heavy atom. The van der Waals surface area contributed by atoms with E-state index in [1.807, 2.05) is 36.5 Å². The van der Waals surface area contributed by atoms with E-state index in [4.69, 9.17) is 19.3 Å². The SMILES string of the molecule is CCCCC/C=C\C/C=C\C/C=C\CCCCCCC(=O)O[C@H](COC(=O)CCC/C=C\C/C=C\C/C=C\C=C\C(=O)CCCCC)COP(=O)(O)O. The Morgan fingerprint density at radius 3 is 1.64 bits per heavy atom. The molecule has 0 unspecified atom stereocenters. The van der Waals surface area contributed by atoms with Gasteiger partial charge in [0.15, 0.2) is 11.9 Å². The fourth-order valence-corrected chi connectivity index (χ4v) is 5.22. The lowest BCUT2D eigenvalue weighted by molar-refractivity contribution is -0.161. The molecule has 10 heteroatoms. The molecule has 0 radical (unpaired) electrons. The zero-order chi connectivity index (χ0) is 39.1. The van der Waals surface area contributed by atoms with Gasteiger partial charge in [0.25, 0.3) is 0 Å². The molecule has 1 atom stereocenters. The van der Waals surface area contributed by atoms with Crippen molar-refractivity contribution in [3.8, 4) is 0 Å². The van der Waals surface area contributed by atoms with Gasteiger partial charge in [0, 0.05) is 19.3 Å². The minimum absolute atomic E-state index is 0.155. The molecule has 0 heterocycles. The first kappa shape index (κ1) is 49.9. The fourth-order valence-electron chi connectivity index (χ4n) is 4.85. The van der Waals surface area contributed by atoms with Crippen molar-refractivity contribution in [2.75, 3.05) is 13.2 Å². The van der Waals surface area contributed by atoms with E-state index in [0.717, 1.165) is 70.6 Å². The maximum Gasteiger partial charge on any atom is 0.469 e. The largest absolute Gasteiger partial charge is 0.469 e. The topological polar surface area (TPSA) is 136 Å². The molecule has 0 amide bonds. The third-order valence-corrected chi connectivity index (χ3v) is 8.35. The minimum atomic E-state index is -4.79. The van der Waals surface area contributed by atoms with Crippen LogP contribution in [-0.2, 0) is 32.9 Å². The number of carbonyl (C=O) groups excluding carboxylic acids is 3. The molecular formula is C43H69O9P. The van der Waals surface area contributed by atoms with Gasteiger partial charge in [-0.3, -0.25) is 18.9 Å². The van der Waals surface area contributed by atoms with E-state index >= 15 is 0 Å². The van der Waals surface area contributed by atoms with E-state index in [9.17, 15) is 18.9 Å². The molecule has 53 heavy (non-hydrogen) atoms. The lowest BCUT2D eigenvalue weighted by Gasteiger charge is -2.18. The van der Waals surface area contributed by atoms with E-state index in [1.165, 1.54) is 25.7 Å². The summed E-state index contributed by atoms with van der Waals surface area (Å²) in [4.78, 5) is 54.4. The van der Waals surface area contributed by atoms with Crippen LogP contribution in [-0.4, -0.2) is 46.8 Å². The zero-order valence-electron chi connectivity index (χ0n) is 32.6. The fraction of sp³-hybridized carbons (Fsp3) is 0.605. The second kappa shape index (κ2) is 37.2. The smallest absolute Gasteiger partial charge is 0.462 e. The molecule has 0 aliphatic heterocycles. The average Bonchev–Trinajstić information content (AvgIpc) is 3.12. The standard InChI is InChI=1S/C43H69O9P/c1-3-5-7-8-9-10-11-12-13-14-15-16-19-23-26-29-33-37-43(46)52-41(39-51-53(47,48)49)38-50-42(45)36-32-28-25-22-20-17-18-21-24-27-31-35-40(44)34-30-6-4-2/h9-10,12-13,15-18,22,24-25,27,31,35,41H,3-8,11,14,19-21,23,26,28-30,32-34,36-39H2,1-2H3,(H2,47,48,49)/b10-9-,13-12-,16-15-,18-17-,25-22-,27-24-,35-31+/t41-/m1/s1. The van der Waals surface area contributed by atoms with Crippen molar-refractivity contribution in [1.29, 1.82) is 0 Å². The van der Waals surface area contributed by atoms with Crippen molar-refractivity contribution >= 4 is 25.5 Å². The first-order chi connectivity index (χ1) is 25.7. The molecule has 0 aromatic carbocycles. The first-order valence-electron chi connectivity index (χ1n) is 19.8. The van der Waals surface area contributed by atoms with Crippen LogP contribution >= 0.6 is 7.82 Å². The van der Waals surface area contributed by atoms with E-state index < -0.39 is 32.5 Å². The second-order valence-corrected chi connectivity index (χ2v) is 14.2. The van der Waals surface area contributed by atoms with Crippen LogP contribution in [0.25, 0.3) is 0 Å². The van der Waals surface area contributed by atoms with Crippen LogP contribution in [0.15, 0.2) is 85.1 Å². The van der Waals surface area contributed by atoms with Crippen LogP contribution in [0.5, 0.6) is 0 Å². The van der Waals surface area contributed by atoms with E-state index in [-0.39, 0.29) is 25.2 Å². The van der Waals surface area contributed by atoms with Gasteiger partial charge in [0.2, 0.25) is 0 Å². The summed E-state index contributed by atoms with van der Waals surface area (Å²) >= 11 is 0. The van der Waals surface area contributed by atoms with E-state index in [1.54, 1.807) is 12.2 Å². The Bertz CT molecular complexity index is 1190. The molecule has 300 valence electrons. The molecule has 0 aromatic rings. The van der Waals surface area contributed by atoms with Gasteiger partial charge >= 0.3 is 19.8 Å². The number of ether oxygens (including phenoxy) is 2. The van der Waals surface area contributed by atoms with Gasteiger partial charge in [-0.1, -0.05) is 131 Å². The van der Waals surface area contributed by atoms with Crippen molar-refractivity contribution in [3.63, 3.8) is 0 Å². The minimum Gasteiger partial charge on any atom is -0.462 e. The Morgan fingerprint density at radius 1 is 0.547 bits per heavy atom.